The fourth-order valence-corrected chi connectivity index (χ4v) is 11.9. The molecule has 6 aromatic carbocycles. The van der Waals surface area contributed by atoms with Gasteiger partial charge in [0, 0.05) is 118 Å². The minimum absolute atomic E-state index is 0.163. The molecule has 2 aromatic heterocycles. The third-order valence-corrected chi connectivity index (χ3v) is 16.5. The van der Waals surface area contributed by atoms with Gasteiger partial charge in [0.15, 0.2) is 0 Å². The summed E-state index contributed by atoms with van der Waals surface area (Å²) in [6.07, 6.45) is 5.75. The van der Waals surface area contributed by atoms with Crippen LogP contribution in [0.15, 0.2) is 134 Å². The highest BCUT2D eigenvalue weighted by molar-refractivity contribution is 6.00. The van der Waals surface area contributed by atoms with Crippen molar-refractivity contribution in [3.63, 3.8) is 0 Å². The van der Waals surface area contributed by atoms with E-state index in [1.165, 1.54) is 28.6 Å². The van der Waals surface area contributed by atoms with Crippen molar-refractivity contribution in [3.8, 4) is 45.5 Å². The Kier molecular flexibility index (Phi) is 18.6. The van der Waals surface area contributed by atoms with E-state index in [4.69, 9.17) is 38.6 Å². The average molecular weight is 1120 g/mol. The predicted octanol–water partition coefficient (Wildman–Crippen LogP) is 9.69. The molecule has 0 amide bonds. The number of benzene rings is 6. The highest BCUT2D eigenvalue weighted by atomic mass is 16.5. The van der Waals surface area contributed by atoms with Crippen LogP contribution in [0.25, 0.3) is 44.1 Å². The molecular weight excluding hydrogens is 1040 g/mol. The van der Waals surface area contributed by atoms with Crippen LogP contribution in [-0.4, -0.2) is 186 Å². The first-order valence-corrected chi connectivity index (χ1v) is 29.3. The van der Waals surface area contributed by atoms with E-state index >= 15 is 0 Å². The van der Waals surface area contributed by atoms with E-state index in [9.17, 15) is 0 Å². The van der Waals surface area contributed by atoms with Crippen LogP contribution in [0.4, 0.5) is 23.3 Å². The molecule has 17 nitrogen and oxygen atoms in total. The fraction of sp³-hybridized carbons (Fsp3) is 0.394. The van der Waals surface area contributed by atoms with Gasteiger partial charge < -0.3 is 49.0 Å². The maximum atomic E-state index is 6.69. The smallest absolute Gasteiger partial charge is 0.223 e. The van der Waals surface area contributed by atoms with E-state index < -0.39 is 0 Å². The van der Waals surface area contributed by atoms with E-state index in [1.54, 1.807) is 28.4 Å². The van der Waals surface area contributed by atoms with E-state index in [-0.39, 0.29) is 12.1 Å². The minimum atomic E-state index is -0.239. The SMILES string of the molecule is COc1cccc(CNc2nccc(-c3cc(N4CCN(CCCN5CCOC(C(Nc6nccc(-c7cc(N8CCN(CCCN(C)C)CC8)c8cc(OC)ccc8c7)n6)c6cccc(OC)c6)C5)CC4)c4cc(OC)ccc4c3)n2)c1. The number of methoxy groups -OCH3 is 4. The van der Waals surface area contributed by atoms with Crippen molar-refractivity contribution in [1.82, 2.24) is 39.5 Å². The number of anilines is 4. The summed E-state index contributed by atoms with van der Waals surface area (Å²) < 4.78 is 29.3. The Morgan fingerprint density at radius 2 is 1.10 bits per heavy atom. The highest BCUT2D eigenvalue weighted by Crippen LogP contribution is 2.38. The van der Waals surface area contributed by atoms with E-state index in [2.05, 4.69) is 126 Å². The first-order valence-electron chi connectivity index (χ1n) is 29.3. The summed E-state index contributed by atoms with van der Waals surface area (Å²) >= 11 is 0. The molecule has 17 heteroatoms. The Labute approximate surface area is 489 Å². The Morgan fingerprint density at radius 3 is 1.70 bits per heavy atom. The van der Waals surface area contributed by atoms with Crippen molar-refractivity contribution in [2.24, 2.45) is 0 Å². The van der Waals surface area contributed by atoms with Crippen molar-refractivity contribution in [3.05, 3.63) is 145 Å². The van der Waals surface area contributed by atoms with Gasteiger partial charge in [-0.15, -0.1) is 0 Å². The van der Waals surface area contributed by atoms with E-state index in [1.807, 2.05) is 67.0 Å². The molecule has 3 aliphatic heterocycles. The first-order chi connectivity index (χ1) is 40.7. The van der Waals surface area contributed by atoms with Crippen LogP contribution < -0.4 is 39.4 Å². The van der Waals surface area contributed by atoms with Gasteiger partial charge in [0.25, 0.3) is 0 Å². The largest absolute Gasteiger partial charge is 0.497 e. The number of rotatable bonds is 23. The lowest BCUT2D eigenvalue weighted by molar-refractivity contribution is -0.0385. The molecule has 8 aromatic rings. The topological polar surface area (TPSA) is 141 Å². The second-order valence-electron chi connectivity index (χ2n) is 22.2. The molecule has 2 atom stereocenters. The van der Waals surface area contributed by atoms with Gasteiger partial charge >= 0.3 is 0 Å². The van der Waals surface area contributed by atoms with Crippen LogP contribution in [-0.2, 0) is 11.3 Å². The lowest BCUT2D eigenvalue weighted by Crippen LogP contribution is -2.49. The average Bonchev–Trinajstić information content (AvgIpc) is 3.73. The molecule has 3 saturated heterocycles. The molecular formula is C66H80N12O5. The van der Waals surface area contributed by atoms with Crippen molar-refractivity contribution in [2.75, 3.05) is 161 Å². The van der Waals surface area contributed by atoms with Crippen LogP contribution in [0, 0.1) is 0 Å². The number of ether oxygens (including phenoxy) is 5. The van der Waals surface area contributed by atoms with Crippen LogP contribution in [0.1, 0.15) is 30.0 Å². The number of nitrogens with zero attached hydrogens (tertiary/aromatic N) is 10. The van der Waals surface area contributed by atoms with Crippen LogP contribution >= 0.6 is 0 Å². The van der Waals surface area contributed by atoms with Gasteiger partial charge in [-0.05, 0) is 160 Å². The van der Waals surface area contributed by atoms with Crippen molar-refractivity contribution < 1.29 is 23.7 Å². The molecule has 2 N–H and O–H groups in total. The molecule has 0 saturated carbocycles. The third-order valence-electron chi connectivity index (χ3n) is 16.5. The van der Waals surface area contributed by atoms with Gasteiger partial charge in [-0.2, -0.15) is 0 Å². The Hall–Kier alpha value is -7.80. The molecule has 83 heavy (non-hydrogen) atoms. The van der Waals surface area contributed by atoms with Gasteiger partial charge in [-0.1, -0.05) is 36.4 Å². The maximum absolute atomic E-state index is 6.69. The van der Waals surface area contributed by atoms with Crippen molar-refractivity contribution in [1.29, 1.82) is 0 Å². The molecule has 434 valence electrons. The zero-order chi connectivity index (χ0) is 57.1. The molecule has 5 heterocycles. The third kappa shape index (κ3) is 14.2. The van der Waals surface area contributed by atoms with Gasteiger partial charge in [-0.25, -0.2) is 19.9 Å². The van der Waals surface area contributed by atoms with Crippen LogP contribution in [0.3, 0.4) is 0 Å². The highest BCUT2D eigenvalue weighted by Gasteiger charge is 2.31. The lowest BCUT2D eigenvalue weighted by atomic mass is 9.99. The molecule has 0 bridgehead atoms. The number of hydrogen-bond donors (Lipinski definition) is 2. The number of aromatic nitrogens is 4. The number of fused-ring (bicyclic) bond motifs is 2. The number of hydrogen-bond acceptors (Lipinski definition) is 17. The summed E-state index contributed by atoms with van der Waals surface area (Å²) in [6.45, 7) is 14.8. The van der Waals surface area contributed by atoms with E-state index in [0.29, 0.717) is 25.0 Å². The Balaban J connectivity index is 0.744. The normalized spacial score (nSPS) is 16.8. The van der Waals surface area contributed by atoms with Crippen LogP contribution in [0.2, 0.25) is 0 Å². The summed E-state index contributed by atoms with van der Waals surface area (Å²) in [6, 6.07) is 41.8. The zero-order valence-electron chi connectivity index (χ0n) is 49.1. The van der Waals surface area contributed by atoms with E-state index in [0.717, 1.165) is 165 Å². The first kappa shape index (κ1) is 57.0. The maximum Gasteiger partial charge on any atom is 0.223 e. The lowest BCUT2D eigenvalue weighted by Gasteiger charge is -2.39. The quantitative estimate of drug-likeness (QED) is 0.0627. The summed E-state index contributed by atoms with van der Waals surface area (Å²) in [4.78, 5) is 34.7. The van der Waals surface area contributed by atoms with Crippen molar-refractivity contribution >= 4 is 44.8 Å². The molecule has 0 radical (unpaired) electrons. The summed E-state index contributed by atoms with van der Waals surface area (Å²) in [5.74, 6) is 4.43. The predicted molar refractivity (Wildman–Crippen MR) is 334 cm³/mol. The van der Waals surface area contributed by atoms with Gasteiger partial charge in [0.2, 0.25) is 11.9 Å². The Morgan fingerprint density at radius 1 is 0.554 bits per heavy atom. The molecule has 3 fully saturated rings. The molecule has 2 unspecified atom stereocenters. The molecule has 0 spiro atoms. The Bertz CT molecular complexity index is 3440. The summed E-state index contributed by atoms with van der Waals surface area (Å²) in [7, 11) is 11.2. The van der Waals surface area contributed by atoms with Crippen molar-refractivity contribution in [2.45, 2.75) is 31.5 Å². The molecule has 11 rings (SSSR count). The standard InChI is InChI=1S/C66H80N12O5/c1-73(2)23-9-24-74-27-31-77(32-28-74)62-42-52(39-49-16-18-56(82-6)44-58(49)62)60-20-22-68-66(71-60)72-64(50-12-8-14-54(40-50)80-4)63-46-76(35-36-83-63)26-10-25-75-29-33-78(34-30-75)61-41-51(38-48-15-17-55(81-5)43-57(48)61)59-19-21-67-65(70-59)69-45-47-11-7-13-53(37-47)79-3/h7-8,11-22,37-44,63-64H,9-10,23-36,45-46H2,1-6H3,(H,67,69,70)(H,68,71,72). The van der Waals surface area contributed by atoms with Gasteiger partial charge in [0.05, 0.1) is 58.6 Å². The summed E-state index contributed by atoms with van der Waals surface area (Å²) in [5, 5.41) is 11.8. The van der Waals surface area contributed by atoms with Crippen LogP contribution in [0.5, 0.6) is 23.0 Å². The molecule has 0 aliphatic carbocycles. The fourth-order valence-electron chi connectivity index (χ4n) is 11.9. The second-order valence-corrected chi connectivity index (χ2v) is 22.2. The van der Waals surface area contributed by atoms with Gasteiger partial charge in [0.1, 0.15) is 23.0 Å². The zero-order valence-corrected chi connectivity index (χ0v) is 49.1. The number of nitrogens with one attached hydrogen (secondary N) is 2. The monoisotopic (exact) mass is 1120 g/mol. The number of morpholine rings is 1. The van der Waals surface area contributed by atoms with Gasteiger partial charge in [-0.3, -0.25) is 14.7 Å². The number of piperazine rings is 2. The second kappa shape index (κ2) is 27.1. The minimum Gasteiger partial charge on any atom is -0.497 e. The summed E-state index contributed by atoms with van der Waals surface area (Å²) in [5.41, 5.74) is 8.34. The molecule has 3 aliphatic rings.